The highest BCUT2D eigenvalue weighted by molar-refractivity contribution is 5.54. The van der Waals surface area contributed by atoms with Gasteiger partial charge in [0.15, 0.2) is 0 Å². The predicted octanol–water partition coefficient (Wildman–Crippen LogP) is 2.16. The summed E-state index contributed by atoms with van der Waals surface area (Å²) in [6.45, 7) is 11.1. The van der Waals surface area contributed by atoms with Crippen LogP contribution >= 0.6 is 0 Å². The molecule has 0 aromatic heterocycles. The second-order valence-electron chi connectivity index (χ2n) is 5.61. The molecule has 0 saturated carbocycles. The van der Waals surface area contributed by atoms with Gasteiger partial charge < -0.3 is 10.6 Å². The lowest BCUT2D eigenvalue weighted by molar-refractivity contribution is 0.253. The average Bonchev–Trinajstić information content (AvgIpc) is 2.40. The second kappa shape index (κ2) is 6.92. The number of benzene rings is 1. The molecule has 0 amide bonds. The van der Waals surface area contributed by atoms with E-state index in [0.29, 0.717) is 0 Å². The van der Waals surface area contributed by atoms with E-state index in [1.165, 1.54) is 42.9 Å². The molecular weight excluding hydrogens is 234 g/mol. The zero-order valence-corrected chi connectivity index (χ0v) is 12.4. The largest absolute Gasteiger partial charge is 0.369 e. The minimum absolute atomic E-state index is 0.822. The van der Waals surface area contributed by atoms with Gasteiger partial charge in [0.1, 0.15) is 0 Å². The Balaban J connectivity index is 1.85. The lowest BCUT2D eigenvalue weighted by atomic mass is 10.1. The fourth-order valence-corrected chi connectivity index (χ4v) is 2.85. The second-order valence-corrected chi connectivity index (χ2v) is 5.61. The van der Waals surface area contributed by atoms with Gasteiger partial charge in [-0.3, -0.25) is 4.90 Å². The fraction of sp³-hybridized carbons (Fsp3) is 0.625. The van der Waals surface area contributed by atoms with E-state index in [2.05, 4.69) is 41.8 Å². The zero-order chi connectivity index (χ0) is 13.7. The summed E-state index contributed by atoms with van der Waals surface area (Å²) < 4.78 is 0. The van der Waals surface area contributed by atoms with Gasteiger partial charge in [0.25, 0.3) is 0 Å². The van der Waals surface area contributed by atoms with E-state index in [4.69, 9.17) is 5.73 Å². The number of piperazine rings is 1. The number of unbranched alkanes of at least 4 members (excludes halogenated alkanes) is 1. The van der Waals surface area contributed by atoms with Gasteiger partial charge in [-0.05, 0) is 51.4 Å². The molecule has 1 aliphatic rings. The predicted molar refractivity (Wildman–Crippen MR) is 82.9 cm³/mol. The fourth-order valence-electron chi connectivity index (χ4n) is 2.85. The number of hydrogen-bond donors (Lipinski definition) is 1. The third-order valence-electron chi connectivity index (χ3n) is 3.99. The minimum atomic E-state index is 0.822. The Kier molecular flexibility index (Phi) is 5.23. The van der Waals surface area contributed by atoms with Crippen molar-refractivity contribution in [1.82, 2.24) is 4.90 Å². The van der Waals surface area contributed by atoms with Crippen molar-refractivity contribution in [2.24, 2.45) is 5.73 Å². The highest BCUT2D eigenvalue weighted by Gasteiger charge is 2.17. The van der Waals surface area contributed by atoms with Gasteiger partial charge in [-0.25, -0.2) is 0 Å². The minimum Gasteiger partial charge on any atom is -0.369 e. The maximum atomic E-state index is 5.54. The summed E-state index contributed by atoms with van der Waals surface area (Å²) in [5.74, 6) is 0. The SMILES string of the molecule is Cc1ccc(N2CCN(CCCCN)CC2)c(C)c1. The van der Waals surface area contributed by atoms with Gasteiger partial charge >= 0.3 is 0 Å². The van der Waals surface area contributed by atoms with Crippen LogP contribution in [0.25, 0.3) is 0 Å². The molecule has 1 heterocycles. The summed E-state index contributed by atoms with van der Waals surface area (Å²) >= 11 is 0. The van der Waals surface area contributed by atoms with E-state index in [0.717, 1.165) is 26.1 Å². The Morgan fingerprint density at radius 1 is 1.05 bits per heavy atom. The van der Waals surface area contributed by atoms with Crippen LogP contribution in [-0.2, 0) is 0 Å². The molecule has 0 spiro atoms. The quantitative estimate of drug-likeness (QED) is 0.825. The first-order chi connectivity index (χ1) is 9.20. The van der Waals surface area contributed by atoms with Crippen LogP contribution in [0.3, 0.4) is 0 Å². The molecule has 19 heavy (non-hydrogen) atoms. The van der Waals surface area contributed by atoms with Crippen LogP contribution in [0, 0.1) is 13.8 Å². The molecule has 1 aromatic carbocycles. The van der Waals surface area contributed by atoms with Gasteiger partial charge in [-0.1, -0.05) is 17.7 Å². The Hall–Kier alpha value is -1.06. The van der Waals surface area contributed by atoms with E-state index in [-0.39, 0.29) is 0 Å². The molecule has 106 valence electrons. The number of nitrogens with zero attached hydrogens (tertiary/aromatic N) is 2. The molecule has 2 rings (SSSR count). The molecule has 1 fully saturated rings. The monoisotopic (exact) mass is 261 g/mol. The summed E-state index contributed by atoms with van der Waals surface area (Å²) in [5, 5.41) is 0. The van der Waals surface area contributed by atoms with E-state index in [1.807, 2.05) is 0 Å². The van der Waals surface area contributed by atoms with Crippen LogP contribution in [-0.4, -0.2) is 44.2 Å². The molecule has 1 aromatic rings. The molecular formula is C16H27N3. The maximum Gasteiger partial charge on any atom is 0.0396 e. The first kappa shape index (κ1) is 14.4. The summed E-state index contributed by atoms with van der Waals surface area (Å²) in [4.78, 5) is 5.09. The van der Waals surface area contributed by atoms with Crippen LogP contribution in [0.5, 0.6) is 0 Å². The summed E-state index contributed by atoms with van der Waals surface area (Å²) in [6.07, 6.45) is 2.39. The molecule has 1 saturated heterocycles. The Morgan fingerprint density at radius 2 is 1.79 bits per heavy atom. The highest BCUT2D eigenvalue weighted by atomic mass is 15.3. The van der Waals surface area contributed by atoms with Gasteiger partial charge in [0.05, 0.1) is 0 Å². The first-order valence-corrected chi connectivity index (χ1v) is 7.45. The van der Waals surface area contributed by atoms with Crippen molar-refractivity contribution in [3.05, 3.63) is 29.3 Å². The topological polar surface area (TPSA) is 32.5 Å². The van der Waals surface area contributed by atoms with E-state index >= 15 is 0 Å². The van der Waals surface area contributed by atoms with Crippen molar-refractivity contribution in [3.63, 3.8) is 0 Å². The summed E-state index contributed by atoms with van der Waals surface area (Å²) in [7, 11) is 0. The molecule has 0 bridgehead atoms. The number of rotatable bonds is 5. The molecule has 0 unspecified atom stereocenters. The molecule has 3 nitrogen and oxygen atoms in total. The van der Waals surface area contributed by atoms with Crippen LogP contribution in [0.4, 0.5) is 5.69 Å². The van der Waals surface area contributed by atoms with Gasteiger partial charge in [-0.2, -0.15) is 0 Å². The van der Waals surface area contributed by atoms with E-state index in [1.54, 1.807) is 0 Å². The van der Waals surface area contributed by atoms with Crippen molar-refractivity contribution >= 4 is 5.69 Å². The van der Waals surface area contributed by atoms with Crippen LogP contribution in [0.1, 0.15) is 24.0 Å². The summed E-state index contributed by atoms with van der Waals surface area (Å²) in [5.41, 5.74) is 9.70. The van der Waals surface area contributed by atoms with E-state index < -0.39 is 0 Å². The van der Waals surface area contributed by atoms with Gasteiger partial charge in [0, 0.05) is 31.9 Å². The van der Waals surface area contributed by atoms with Crippen molar-refractivity contribution in [3.8, 4) is 0 Å². The van der Waals surface area contributed by atoms with Crippen molar-refractivity contribution in [2.45, 2.75) is 26.7 Å². The van der Waals surface area contributed by atoms with Crippen LogP contribution < -0.4 is 10.6 Å². The third kappa shape index (κ3) is 3.95. The van der Waals surface area contributed by atoms with Crippen molar-refractivity contribution < 1.29 is 0 Å². The Morgan fingerprint density at radius 3 is 2.42 bits per heavy atom. The molecule has 2 N–H and O–H groups in total. The van der Waals surface area contributed by atoms with Crippen molar-refractivity contribution in [2.75, 3.05) is 44.2 Å². The standard InChI is InChI=1S/C16H27N3/c1-14-5-6-16(15(2)13-14)19-11-9-18(10-12-19)8-4-3-7-17/h5-6,13H,3-4,7-12,17H2,1-2H3. The van der Waals surface area contributed by atoms with Crippen LogP contribution in [0.2, 0.25) is 0 Å². The van der Waals surface area contributed by atoms with Gasteiger partial charge in [0.2, 0.25) is 0 Å². The third-order valence-corrected chi connectivity index (χ3v) is 3.99. The number of hydrogen-bond acceptors (Lipinski definition) is 3. The first-order valence-electron chi connectivity index (χ1n) is 7.45. The number of nitrogens with two attached hydrogens (primary N) is 1. The number of aryl methyl sites for hydroxylation is 2. The molecule has 0 radical (unpaired) electrons. The smallest absolute Gasteiger partial charge is 0.0396 e. The number of anilines is 1. The normalized spacial score (nSPS) is 16.9. The lowest BCUT2D eigenvalue weighted by Crippen LogP contribution is -2.46. The summed E-state index contributed by atoms with van der Waals surface area (Å²) in [6, 6.07) is 6.77. The Bertz CT molecular complexity index is 395. The molecule has 0 aliphatic carbocycles. The van der Waals surface area contributed by atoms with Crippen LogP contribution in [0.15, 0.2) is 18.2 Å². The molecule has 3 heteroatoms. The highest BCUT2D eigenvalue weighted by Crippen LogP contribution is 2.22. The Labute approximate surface area is 117 Å². The van der Waals surface area contributed by atoms with Crippen molar-refractivity contribution in [1.29, 1.82) is 0 Å². The maximum absolute atomic E-state index is 5.54. The molecule has 1 aliphatic heterocycles. The van der Waals surface area contributed by atoms with Gasteiger partial charge in [-0.15, -0.1) is 0 Å². The zero-order valence-electron chi connectivity index (χ0n) is 12.4. The van der Waals surface area contributed by atoms with E-state index in [9.17, 15) is 0 Å². The lowest BCUT2D eigenvalue weighted by Gasteiger charge is -2.37. The molecule has 0 atom stereocenters. The average molecular weight is 261 g/mol.